The fourth-order valence-corrected chi connectivity index (χ4v) is 2.23. The lowest BCUT2D eigenvalue weighted by Crippen LogP contribution is -2.31. The van der Waals surface area contributed by atoms with E-state index in [0.717, 1.165) is 6.42 Å². The Morgan fingerprint density at radius 2 is 2.13 bits per heavy atom. The van der Waals surface area contributed by atoms with Gasteiger partial charge in [-0.25, -0.2) is 0 Å². The van der Waals surface area contributed by atoms with Crippen LogP contribution in [-0.2, 0) is 6.42 Å². The highest BCUT2D eigenvalue weighted by Gasteiger charge is 2.32. The van der Waals surface area contributed by atoms with E-state index in [0.29, 0.717) is 11.5 Å². The van der Waals surface area contributed by atoms with Gasteiger partial charge < -0.3 is 5.32 Å². The Kier molecular flexibility index (Phi) is 5.10. The number of aromatic nitrogens is 2. The molecule has 0 bridgehead atoms. The van der Waals surface area contributed by atoms with E-state index in [1.54, 1.807) is 0 Å². The molecule has 1 heterocycles. The molecule has 1 aromatic heterocycles. The predicted molar refractivity (Wildman–Crippen MR) is 67.0 cm³/mol. The van der Waals surface area contributed by atoms with E-state index in [1.165, 1.54) is 17.7 Å². The minimum absolute atomic E-state index is 0. The van der Waals surface area contributed by atoms with Crippen LogP contribution in [0.1, 0.15) is 37.6 Å². The molecule has 2 N–H and O–H groups in total. The van der Waals surface area contributed by atoms with Gasteiger partial charge in [0.2, 0.25) is 0 Å². The van der Waals surface area contributed by atoms with Crippen LogP contribution < -0.4 is 5.32 Å². The van der Waals surface area contributed by atoms with Crippen LogP contribution in [0.4, 0.5) is 0 Å². The summed E-state index contributed by atoms with van der Waals surface area (Å²) in [5.41, 5.74) is 3.03. The SMILES string of the molecule is CNC1CC(C)(C)Cc2[nH]ncc21.Cl.Cl. The first-order valence-electron chi connectivity index (χ1n) is 4.82. The van der Waals surface area contributed by atoms with Crippen molar-refractivity contribution >= 4 is 24.8 Å². The molecule has 88 valence electrons. The number of fused-ring (bicyclic) bond motifs is 1. The van der Waals surface area contributed by atoms with Gasteiger partial charge in [-0.3, -0.25) is 5.10 Å². The summed E-state index contributed by atoms with van der Waals surface area (Å²) < 4.78 is 0. The van der Waals surface area contributed by atoms with Gasteiger partial charge in [-0.1, -0.05) is 13.8 Å². The first-order valence-corrected chi connectivity index (χ1v) is 4.82. The van der Waals surface area contributed by atoms with E-state index in [-0.39, 0.29) is 24.8 Å². The zero-order valence-electron chi connectivity index (χ0n) is 9.33. The Morgan fingerprint density at radius 1 is 1.47 bits per heavy atom. The molecule has 0 amide bonds. The van der Waals surface area contributed by atoms with E-state index in [1.807, 2.05) is 13.2 Å². The molecule has 15 heavy (non-hydrogen) atoms. The van der Waals surface area contributed by atoms with Crippen molar-refractivity contribution in [2.45, 2.75) is 32.7 Å². The number of halogens is 2. The Bertz CT molecular complexity index is 309. The lowest BCUT2D eigenvalue weighted by Gasteiger charge is -2.34. The van der Waals surface area contributed by atoms with Crippen LogP contribution >= 0.6 is 24.8 Å². The highest BCUT2D eigenvalue weighted by atomic mass is 35.5. The summed E-state index contributed by atoms with van der Waals surface area (Å²) in [6.45, 7) is 4.61. The lowest BCUT2D eigenvalue weighted by atomic mass is 9.74. The highest BCUT2D eigenvalue weighted by Crippen LogP contribution is 2.39. The number of aromatic amines is 1. The predicted octanol–water partition coefficient (Wildman–Crippen LogP) is 2.49. The van der Waals surface area contributed by atoms with Gasteiger partial charge in [0, 0.05) is 17.3 Å². The molecule has 0 saturated heterocycles. The maximum atomic E-state index is 4.10. The number of rotatable bonds is 1. The minimum Gasteiger partial charge on any atom is -0.313 e. The molecule has 0 spiro atoms. The van der Waals surface area contributed by atoms with Crippen LogP contribution in [0.25, 0.3) is 0 Å². The molecule has 0 radical (unpaired) electrons. The number of hydrogen-bond acceptors (Lipinski definition) is 2. The quantitative estimate of drug-likeness (QED) is 0.806. The molecule has 0 aliphatic heterocycles. The lowest BCUT2D eigenvalue weighted by molar-refractivity contribution is 0.262. The zero-order valence-corrected chi connectivity index (χ0v) is 11.0. The molecule has 0 fully saturated rings. The van der Waals surface area contributed by atoms with Crippen molar-refractivity contribution < 1.29 is 0 Å². The van der Waals surface area contributed by atoms with Crippen molar-refractivity contribution in [2.24, 2.45) is 5.41 Å². The van der Waals surface area contributed by atoms with Crippen molar-refractivity contribution in [3.8, 4) is 0 Å². The van der Waals surface area contributed by atoms with E-state index < -0.39 is 0 Å². The van der Waals surface area contributed by atoms with Crippen LogP contribution in [0.2, 0.25) is 0 Å². The Hall–Kier alpha value is -0.250. The fourth-order valence-electron chi connectivity index (χ4n) is 2.23. The van der Waals surface area contributed by atoms with Gasteiger partial charge in [0.05, 0.1) is 6.20 Å². The smallest absolute Gasteiger partial charge is 0.0538 e. The summed E-state index contributed by atoms with van der Waals surface area (Å²) in [6, 6.07) is 0.470. The van der Waals surface area contributed by atoms with Crippen molar-refractivity contribution in [1.82, 2.24) is 15.5 Å². The van der Waals surface area contributed by atoms with Crippen LogP contribution in [0.15, 0.2) is 6.20 Å². The van der Waals surface area contributed by atoms with Crippen molar-refractivity contribution in [2.75, 3.05) is 7.05 Å². The molecule has 2 rings (SSSR count). The number of hydrogen-bond donors (Lipinski definition) is 2. The first-order chi connectivity index (χ1) is 6.12. The number of nitrogens with zero attached hydrogens (tertiary/aromatic N) is 1. The van der Waals surface area contributed by atoms with Crippen molar-refractivity contribution in [3.63, 3.8) is 0 Å². The van der Waals surface area contributed by atoms with Gasteiger partial charge in [0.25, 0.3) is 0 Å². The largest absolute Gasteiger partial charge is 0.313 e. The molecular weight excluding hydrogens is 233 g/mol. The van der Waals surface area contributed by atoms with Gasteiger partial charge >= 0.3 is 0 Å². The molecule has 0 saturated carbocycles. The second-order valence-electron chi connectivity index (χ2n) is 4.69. The fraction of sp³-hybridized carbons (Fsp3) is 0.700. The summed E-state index contributed by atoms with van der Waals surface area (Å²) in [5, 5.41) is 10.5. The molecule has 1 aliphatic carbocycles. The zero-order chi connectivity index (χ0) is 9.47. The van der Waals surface area contributed by atoms with Gasteiger partial charge in [0.15, 0.2) is 0 Å². The average molecular weight is 252 g/mol. The normalized spacial score (nSPS) is 22.2. The summed E-state index contributed by atoms with van der Waals surface area (Å²) in [6.07, 6.45) is 4.25. The van der Waals surface area contributed by atoms with Crippen LogP contribution in [0.3, 0.4) is 0 Å². The molecule has 0 aromatic carbocycles. The Balaban J connectivity index is 0.000000980. The third-order valence-electron chi connectivity index (χ3n) is 2.89. The Labute approximate surface area is 103 Å². The maximum Gasteiger partial charge on any atom is 0.0538 e. The van der Waals surface area contributed by atoms with Crippen LogP contribution in [0, 0.1) is 5.41 Å². The van der Waals surface area contributed by atoms with Gasteiger partial charge in [0.1, 0.15) is 0 Å². The summed E-state index contributed by atoms with van der Waals surface area (Å²) >= 11 is 0. The van der Waals surface area contributed by atoms with Crippen molar-refractivity contribution in [3.05, 3.63) is 17.5 Å². The second-order valence-corrected chi connectivity index (χ2v) is 4.69. The highest BCUT2D eigenvalue weighted by molar-refractivity contribution is 5.85. The van der Waals surface area contributed by atoms with Gasteiger partial charge in [-0.15, -0.1) is 24.8 Å². The molecule has 5 heteroatoms. The van der Waals surface area contributed by atoms with Gasteiger partial charge in [-0.2, -0.15) is 5.10 Å². The minimum atomic E-state index is 0. The summed E-state index contributed by atoms with van der Waals surface area (Å²) in [4.78, 5) is 0. The number of nitrogens with one attached hydrogen (secondary N) is 2. The molecule has 1 atom stereocenters. The molecular formula is C10H19Cl2N3. The van der Waals surface area contributed by atoms with Crippen LogP contribution in [0.5, 0.6) is 0 Å². The van der Waals surface area contributed by atoms with E-state index in [4.69, 9.17) is 0 Å². The molecule has 1 unspecified atom stereocenters. The average Bonchev–Trinajstić information content (AvgIpc) is 2.48. The monoisotopic (exact) mass is 251 g/mol. The van der Waals surface area contributed by atoms with E-state index >= 15 is 0 Å². The number of H-pyrrole nitrogens is 1. The third-order valence-corrected chi connectivity index (χ3v) is 2.89. The van der Waals surface area contributed by atoms with E-state index in [2.05, 4.69) is 29.4 Å². The maximum absolute atomic E-state index is 4.10. The van der Waals surface area contributed by atoms with Crippen LogP contribution in [-0.4, -0.2) is 17.2 Å². The topological polar surface area (TPSA) is 40.7 Å². The molecule has 1 aromatic rings. The second kappa shape index (κ2) is 5.19. The third kappa shape index (κ3) is 2.86. The van der Waals surface area contributed by atoms with Crippen molar-refractivity contribution in [1.29, 1.82) is 0 Å². The molecule has 3 nitrogen and oxygen atoms in total. The Morgan fingerprint density at radius 3 is 2.73 bits per heavy atom. The van der Waals surface area contributed by atoms with Gasteiger partial charge in [-0.05, 0) is 25.3 Å². The standard InChI is InChI=1S/C10H17N3.2ClH/c1-10(2)4-8(11-3)7-6-12-13-9(7)5-10;;/h6,8,11H,4-5H2,1-3H3,(H,12,13);2*1H. The summed E-state index contributed by atoms with van der Waals surface area (Å²) in [5.74, 6) is 0. The summed E-state index contributed by atoms with van der Waals surface area (Å²) in [7, 11) is 2.02. The molecule has 1 aliphatic rings. The van der Waals surface area contributed by atoms with E-state index in [9.17, 15) is 0 Å². The first kappa shape index (κ1) is 14.8.